The molecule has 1 saturated heterocycles. The van der Waals surface area contributed by atoms with E-state index in [2.05, 4.69) is 5.32 Å². The summed E-state index contributed by atoms with van der Waals surface area (Å²) in [4.78, 5) is 26.5. The number of ketones is 1. The zero-order chi connectivity index (χ0) is 17.9. The monoisotopic (exact) mass is 448 g/mol. The molecule has 1 saturated carbocycles. The van der Waals surface area contributed by atoms with Crippen LogP contribution >= 0.6 is 69.3 Å². The molecule has 1 amide bonds. The predicted octanol–water partition coefficient (Wildman–Crippen LogP) is 4.03. The second-order valence-electron chi connectivity index (χ2n) is 5.99. The van der Waals surface area contributed by atoms with Crippen LogP contribution in [-0.2, 0) is 9.59 Å². The molecule has 4 nitrogen and oxygen atoms in total. The van der Waals surface area contributed by atoms with Crippen LogP contribution in [0.3, 0.4) is 0 Å². The Morgan fingerprint density at radius 2 is 1.96 bits per heavy atom. The SMILES string of the molecule is CC1(C(=O)CNC2CCN(c3ccc(Cl)s3)C2=O)C(Cl)(Cl)C1(Cl)Cl. The van der Waals surface area contributed by atoms with Gasteiger partial charge in [-0.1, -0.05) is 58.0 Å². The maximum atomic E-state index is 12.5. The molecule has 10 heteroatoms. The van der Waals surface area contributed by atoms with E-state index in [1.165, 1.54) is 18.3 Å². The van der Waals surface area contributed by atoms with Crippen LogP contribution in [0.2, 0.25) is 4.34 Å². The molecule has 0 radical (unpaired) electrons. The smallest absolute Gasteiger partial charge is 0.244 e. The van der Waals surface area contributed by atoms with Gasteiger partial charge in [0.15, 0.2) is 14.4 Å². The van der Waals surface area contributed by atoms with E-state index < -0.39 is 20.1 Å². The number of thiophene rings is 1. The Morgan fingerprint density at radius 3 is 2.46 bits per heavy atom. The molecular formula is C14H13Cl5N2O2S. The molecule has 132 valence electrons. The first-order valence-electron chi connectivity index (χ1n) is 7.13. The summed E-state index contributed by atoms with van der Waals surface area (Å²) >= 11 is 31.4. The molecule has 1 aromatic rings. The van der Waals surface area contributed by atoms with Crippen LogP contribution in [0.1, 0.15) is 13.3 Å². The van der Waals surface area contributed by atoms with E-state index in [1.54, 1.807) is 17.0 Å². The Balaban J connectivity index is 1.61. The number of hydrogen-bond donors (Lipinski definition) is 1. The molecule has 1 atom stereocenters. The van der Waals surface area contributed by atoms with E-state index >= 15 is 0 Å². The quantitative estimate of drug-likeness (QED) is 0.689. The highest BCUT2D eigenvalue weighted by atomic mass is 35.5. The highest BCUT2D eigenvalue weighted by Gasteiger charge is 2.87. The molecule has 0 bridgehead atoms. The fraction of sp³-hybridized carbons (Fsp3) is 0.571. The topological polar surface area (TPSA) is 49.4 Å². The average Bonchev–Trinajstić information content (AvgIpc) is 2.97. The second-order valence-corrected chi connectivity index (χ2v) is 10.3. The minimum atomic E-state index is -1.54. The molecule has 1 unspecified atom stereocenters. The minimum absolute atomic E-state index is 0.0890. The van der Waals surface area contributed by atoms with Gasteiger partial charge >= 0.3 is 0 Å². The highest BCUT2D eigenvalue weighted by Crippen LogP contribution is 2.77. The van der Waals surface area contributed by atoms with Crippen molar-refractivity contribution in [1.82, 2.24) is 5.32 Å². The summed E-state index contributed by atoms with van der Waals surface area (Å²) in [7, 11) is 0. The zero-order valence-electron chi connectivity index (χ0n) is 12.4. The van der Waals surface area contributed by atoms with Gasteiger partial charge in [0.1, 0.15) is 0 Å². The highest BCUT2D eigenvalue weighted by molar-refractivity contribution is 7.20. The molecule has 2 aliphatic rings. The van der Waals surface area contributed by atoms with Gasteiger partial charge in [-0.2, -0.15) is 0 Å². The second kappa shape index (κ2) is 6.15. The fourth-order valence-electron chi connectivity index (χ4n) is 2.82. The summed E-state index contributed by atoms with van der Waals surface area (Å²) in [5.74, 6) is -0.434. The van der Waals surface area contributed by atoms with Crippen LogP contribution in [0.4, 0.5) is 5.00 Å². The fourth-order valence-corrected chi connectivity index (χ4v) is 5.64. The summed E-state index contributed by atoms with van der Waals surface area (Å²) in [6, 6.07) is 3.08. The van der Waals surface area contributed by atoms with Crippen LogP contribution < -0.4 is 10.2 Å². The van der Waals surface area contributed by atoms with Crippen LogP contribution in [0, 0.1) is 5.41 Å². The van der Waals surface area contributed by atoms with Crippen molar-refractivity contribution in [2.24, 2.45) is 5.41 Å². The lowest BCUT2D eigenvalue weighted by molar-refractivity contribution is -0.123. The van der Waals surface area contributed by atoms with Crippen molar-refractivity contribution in [2.75, 3.05) is 18.0 Å². The molecule has 0 aromatic carbocycles. The Morgan fingerprint density at radius 1 is 1.33 bits per heavy atom. The average molecular weight is 451 g/mol. The molecule has 1 aromatic heterocycles. The van der Waals surface area contributed by atoms with Crippen molar-refractivity contribution in [1.29, 1.82) is 0 Å². The number of carbonyl (C=O) groups is 2. The van der Waals surface area contributed by atoms with E-state index in [-0.39, 0.29) is 18.2 Å². The van der Waals surface area contributed by atoms with Gasteiger partial charge in [0.25, 0.3) is 0 Å². The molecular weight excluding hydrogens is 437 g/mol. The molecule has 1 aliphatic heterocycles. The Labute approximate surface area is 168 Å². The first-order chi connectivity index (χ1) is 11.0. The summed E-state index contributed by atoms with van der Waals surface area (Å²) in [5.41, 5.74) is -1.28. The third kappa shape index (κ3) is 2.59. The first kappa shape index (κ1) is 19.0. The Kier molecular flexibility index (Phi) is 4.88. The normalized spacial score (nSPS) is 26.7. The van der Waals surface area contributed by atoms with Crippen molar-refractivity contribution in [3.63, 3.8) is 0 Å². The van der Waals surface area contributed by atoms with Gasteiger partial charge in [-0.15, -0.1) is 11.3 Å². The largest absolute Gasteiger partial charge is 0.302 e. The number of anilines is 1. The number of nitrogens with zero attached hydrogens (tertiary/aromatic N) is 1. The number of amides is 1. The van der Waals surface area contributed by atoms with E-state index in [1.807, 2.05) is 0 Å². The maximum Gasteiger partial charge on any atom is 0.244 e. The van der Waals surface area contributed by atoms with E-state index in [9.17, 15) is 9.59 Å². The van der Waals surface area contributed by atoms with Crippen LogP contribution in [0.25, 0.3) is 0 Å². The van der Waals surface area contributed by atoms with Crippen molar-refractivity contribution in [3.8, 4) is 0 Å². The van der Waals surface area contributed by atoms with Gasteiger partial charge in [0.2, 0.25) is 5.91 Å². The van der Waals surface area contributed by atoms with Gasteiger partial charge in [0.05, 0.1) is 27.3 Å². The third-order valence-electron chi connectivity index (χ3n) is 4.69. The molecule has 1 N–H and O–H groups in total. The van der Waals surface area contributed by atoms with Gasteiger partial charge in [-0.05, 0) is 25.5 Å². The maximum absolute atomic E-state index is 12.5. The minimum Gasteiger partial charge on any atom is -0.302 e. The summed E-state index contributed by atoms with van der Waals surface area (Å²) in [5, 5.41) is 3.74. The van der Waals surface area contributed by atoms with Gasteiger partial charge in [-0.25, -0.2) is 0 Å². The first-order valence-corrected chi connectivity index (χ1v) is 9.83. The van der Waals surface area contributed by atoms with Crippen LogP contribution in [-0.4, -0.2) is 39.5 Å². The molecule has 0 spiro atoms. The van der Waals surface area contributed by atoms with Crippen molar-refractivity contribution in [3.05, 3.63) is 16.5 Å². The van der Waals surface area contributed by atoms with Crippen LogP contribution in [0.15, 0.2) is 12.1 Å². The molecule has 1 aliphatic carbocycles. The van der Waals surface area contributed by atoms with Crippen molar-refractivity contribution >= 4 is 86.0 Å². The predicted molar refractivity (Wildman–Crippen MR) is 100 cm³/mol. The standard InChI is InChI=1S/C14H13Cl5N2O2S/c1-12(13(16,17)14(12,18)19)8(22)6-20-7-4-5-21(11(7)23)10-3-2-9(15)24-10/h2-3,7,20H,4-6H2,1H3. The summed E-state index contributed by atoms with van der Waals surface area (Å²) < 4.78 is -2.46. The number of alkyl halides is 4. The molecule has 3 rings (SSSR count). The number of hydrogen-bond acceptors (Lipinski definition) is 4. The lowest BCUT2D eigenvalue weighted by Gasteiger charge is -2.16. The van der Waals surface area contributed by atoms with E-state index in [0.29, 0.717) is 17.3 Å². The molecule has 24 heavy (non-hydrogen) atoms. The number of rotatable bonds is 5. The lowest BCUT2D eigenvalue weighted by Crippen LogP contribution is -2.42. The molecule has 2 heterocycles. The van der Waals surface area contributed by atoms with Crippen molar-refractivity contribution < 1.29 is 9.59 Å². The van der Waals surface area contributed by atoms with Gasteiger partial charge in [0, 0.05) is 6.54 Å². The Hall–Kier alpha value is 0.250. The van der Waals surface area contributed by atoms with E-state index in [0.717, 1.165) is 5.00 Å². The third-order valence-corrected chi connectivity index (χ3v) is 8.97. The van der Waals surface area contributed by atoms with E-state index in [4.69, 9.17) is 58.0 Å². The Bertz CT molecular complexity index is 691. The number of Topliss-reactive ketones (excluding diaryl/α,β-unsaturated/α-hetero) is 1. The van der Waals surface area contributed by atoms with Gasteiger partial charge < -0.3 is 4.90 Å². The number of halogens is 5. The van der Waals surface area contributed by atoms with Gasteiger partial charge in [-0.3, -0.25) is 14.9 Å². The summed E-state index contributed by atoms with van der Waals surface area (Å²) in [6.45, 7) is 1.99. The van der Waals surface area contributed by atoms with Crippen LogP contribution in [0.5, 0.6) is 0 Å². The zero-order valence-corrected chi connectivity index (χ0v) is 17.0. The lowest BCUT2D eigenvalue weighted by atomic mass is 10.0. The summed E-state index contributed by atoms with van der Waals surface area (Å²) in [6.07, 6.45) is 0.581. The number of carbonyl (C=O) groups excluding carboxylic acids is 2. The number of nitrogens with one attached hydrogen (secondary N) is 1. The molecule has 2 fully saturated rings. The van der Waals surface area contributed by atoms with Crippen molar-refractivity contribution in [2.45, 2.75) is 28.1 Å².